The Morgan fingerprint density at radius 2 is 1.00 bits per heavy atom. The van der Waals surface area contributed by atoms with Crippen LogP contribution in [0.4, 0.5) is 11.4 Å². The average molecular weight is 500 g/mol. The first-order valence-electron chi connectivity index (χ1n) is 13.4. The SMILES string of the molecule is c1ccc(C2(c3ccccc3Nc3cccc4c3oc3ccccc34)c3ccccc3-c3ccccc32)cc1. The fraction of sp³-hybridized carbons (Fsp3) is 0.0270. The van der Waals surface area contributed by atoms with Crippen molar-refractivity contribution in [3.8, 4) is 11.1 Å². The van der Waals surface area contributed by atoms with E-state index in [4.69, 9.17) is 4.42 Å². The Labute approximate surface area is 227 Å². The van der Waals surface area contributed by atoms with Gasteiger partial charge in [-0.05, 0) is 51.6 Å². The smallest absolute Gasteiger partial charge is 0.158 e. The van der Waals surface area contributed by atoms with Crippen molar-refractivity contribution in [1.29, 1.82) is 0 Å². The molecule has 0 spiro atoms. The van der Waals surface area contributed by atoms with Crippen LogP contribution in [0.5, 0.6) is 0 Å². The van der Waals surface area contributed by atoms with Gasteiger partial charge in [-0.25, -0.2) is 0 Å². The summed E-state index contributed by atoms with van der Waals surface area (Å²) in [7, 11) is 0. The molecule has 0 atom stereocenters. The first-order valence-corrected chi connectivity index (χ1v) is 13.4. The molecule has 1 heterocycles. The molecule has 39 heavy (non-hydrogen) atoms. The minimum absolute atomic E-state index is 0.472. The minimum Gasteiger partial charge on any atom is -0.454 e. The lowest BCUT2D eigenvalue weighted by atomic mass is 9.67. The lowest BCUT2D eigenvalue weighted by Crippen LogP contribution is -2.29. The van der Waals surface area contributed by atoms with Crippen molar-refractivity contribution < 1.29 is 4.42 Å². The van der Waals surface area contributed by atoms with E-state index in [-0.39, 0.29) is 0 Å². The quantitative estimate of drug-likeness (QED) is 0.261. The van der Waals surface area contributed by atoms with Gasteiger partial charge in [0.15, 0.2) is 5.58 Å². The van der Waals surface area contributed by atoms with Crippen LogP contribution in [0.15, 0.2) is 150 Å². The van der Waals surface area contributed by atoms with Crippen LogP contribution in [0.1, 0.15) is 22.3 Å². The van der Waals surface area contributed by atoms with Gasteiger partial charge in [-0.3, -0.25) is 0 Å². The molecule has 0 bridgehead atoms. The molecule has 2 nitrogen and oxygen atoms in total. The monoisotopic (exact) mass is 499 g/mol. The zero-order chi connectivity index (χ0) is 25.8. The van der Waals surface area contributed by atoms with Crippen LogP contribution in [-0.4, -0.2) is 0 Å². The maximum Gasteiger partial charge on any atom is 0.158 e. The summed E-state index contributed by atoms with van der Waals surface area (Å²) in [5, 5.41) is 6.06. The van der Waals surface area contributed by atoms with Crippen molar-refractivity contribution in [3.05, 3.63) is 168 Å². The Bertz CT molecular complexity index is 1950. The highest BCUT2D eigenvalue weighted by atomic mass is 16.3. The third-order valence-electron chi connectivity index (χ3n) is 8.16. The van der Waals surface area contributed by atoms with E-state index in [0.717, 1.165) is 33.3 Å². The Hall–Kier alpha value is -5.08. The van der Waals surface area contributed by atoms with E-state index < -0.39 is 5.41 Å². The third-order valence-corrected chi connectivity index (χ3v) is 8.16. The Kier molecular flexibility index (Phi) is 4.77. The van der Waals surface area contributed by atoms with E-state index in [9.17, 15) is 0 Å². The van der Waals surface area contributed by atoms with Crippen LogP contribution in [-0.2, 0) is 5.41 Å². The van der Waals surface area contributed by atoms with Gasteiger partial charge in [-0.15, -0.1) is 0 Å². The summed E-state index contributed by atoms with van der Waals surface area (Å²) in [5.74, 6) is 0. The van der Waals surface area contributed by atoms with E-state index in [1.807, 2.05) is 12.1 Å². The molecule has 0 saturated heterocycles. The fourth-order valence-electron chi connectivity index (χ4n) is 6.59. The molecule has 0 aliphatic heterocycles. The number of nitrogens with one attached hydrogen (secondary N) is 1. The molecule has 0 unspecified atom stereocenters. The van der Waals surface area contributed by atoms with Gasteiger partial charge in [0, 0.05) is 16.5 Å². The molecule has 1 aliphatic rings. The minimum atomic E-state index is -0.472. The summed E-state index contributed by atoms with van der Waals surface area (Å²) < 4.78 is 6.38. The summed E-state index contributed by atoms with van der Waals surface area (Å²) >= 11 is 0. The van der Waals surface area contributed by atoms with Crippen LogP contribution in [0.2, 0.25) is 0 Å². The van der Waals surface area contributed by atoms with Crippen LogP contribution in [0.3, 0.4) is 0 Å². The molecule has 0 radical (unpaired) electrons. The largest absolute Gasteiger partial charge is 0.454 e. The molecular weight excluding hydrogens is 474 g/mol. The lowest BCUT2D eigenvalue weighted by Gasteiger charge is -2.35. The van der Waals surface area contributed by atoms with E-state index in [1.165, 1.54) is 33.4 Å². The number of para-hydroxylation sites is 3. The second kappa shape index (κ2) is 8.47. The Morgan fingerprint density at radius 3 is 1.77 bits per heavy atom. The Morgan fingerprint density at radius 1 is 0.436 bits per heavy atom. The second-order valence-corrected chi connectivity index (χ2v) is 10.2. The number of fused-ring (bicyclic) bond motifs is 6. The maximum atomic E-state index is 6.38. The van der Waals surface area contributed by atoms with Crippen molar-refractivity contribution in [2.24, 2.45) is 0 Å². The highest BCUT2D eigenvalue weighted by molar-refractivity contribution is 6.09. The van der Waals surface area contributed by atoms with E-state index >= 15 is 0 Å². The lowest BCUT2D eigenvalue weighted by molar-refractivity contribution is 0.670. The number of furan rings is 1. The molecule has 1 N–H and O–H groups in total. The van der Waals surface area contributed by atoms with Gasteiger partial charge in [0.25, 0.3) is 0 Å². The number of hydrogen-bond donors (Lipinski definition) is 1. The van der Waals surface area contributed by atoms with Gasteiger partial charge in [0.05, 0.1) is 11.1 Å². The summed E-state index contributed by atoms with van der Waals surface area (Å²) in [5.41, 5.74) is 10.9. The topological polar surface area (TPSA) is 25.2 Å². The van der Waals surface area contributed by atoms with Crippen LogP contribution >= 0.6 is 0 Å². The normalized spacial score (nSPS) is 13.3. The van der Waals surface area contributed by atoms with Crippen molar-refractivity contribution >= 4 is 33.3 Å². The van der Waals surface area contributed by atoms with Crippen molar-refractivity contribution in [3.63, 3.8) is 0 Å². The third kappa shape index (κ3) is 3.09. The second-order valence-electron chi connectivity index (χ2n) is 10.2. The van der Waals surface area contributed by atoms with Gasteiger partial charge in [-0.1, -0.05) is 127 Å². The van der Waals surface area contributed by atoms with Gasteiger partial charge in [0.1, 0.15) is 5.58 Å². The first-order chi connectivity index (χ1) is 19.4. The van der Waals surface area contributed by atoms with Crippen LogP contribution < -0.4 is 5.32 Å². The van der Waals surface area contributed by atoms with Gasteiger partial charge < -0.3 is 9.73 Å². The molecule has 7 aromatic rings. The van der Waals surface area contributed by atoms with Crippen molar-refractivity contribution in [2.45, 2.75) is 5.41 Å². The maximum absolute atomic E-state index is 6.38. The number of anilines is 2. The molecule has 0 fully saturated rings. The first kappa shape index (κ1) is 22.0. The van der Waals surface area contributed by atoms with Crippen LogP contribution in [0, 0.1) is 0 Å². The molecule has 184 valence electrons. The molecular formula is C37H25NO. The van der Waals surface area contributed by atoms with Gasteiger partial charge in [-0.2, -0.15) is 0 Å². The summed E-state index contributed by atoms with van der Waals surface area (Å²) in [4.78, 5) is 0. The standard InChI is InChI=1S/C37H25NO/c1-2-13-25(14-3-1)37(30-19-7-4-15-26(30)27-16-5-8-20-31(27)37)32-21-9-10-22-33(32)38-34-23-12-18-29-28-17-6-11-24-35(28)39-36(29)34/h1-24,38H. The summed E-state index contributed by atoms with van der Waals surface area (Å²) in [6.45, 7) is 0. The fourth-order valence-corrected chi connectivity index (χ4v) is 6.59. The van der Waals surface area contributed by atoms with E-state index in [0.29, 0.717) is 0 Å². The molecule has 8 rings (SSSR count). The molecule has 1 aromatic heterocycles. The average Bonchev–Trinajstić information content (AvgIpc) is 3.53. The number of rotatable bonds is 4. The molecule has 0 amide bonds. The van der Waals surface area contributed by atoms with Crippen molar-refractivity contribution in [2.75, 3.05) is 5.32 Å². The van der Waals surface area contributed by atoms with E-state index in [1.54, 1.807) is 0 Å². The highest BCUT2D eigenvalue weighted by Crippen LogP contribution is 2.57. The molecule has 0 saturated carbocycles. The van der Waals surface area contributed by atoms with E-state index in [2.05, 4.69) is 139 Å². The van der Waals surface area contributed by atoms with Crippen LogP contribution in [0.25, 0.3) is 33.1 Å². The zero-order valence-electron chi connectivity index (χ0n) is 21.3. The molecule has 2 heteroatoms. The summed E-state index contributed by atoms with van der Waals surface area (Å²) in [6.07, 6.45) is 0. The van der Waals surface area contributed by atoms with Gasteiger partial charge >= 0.3 is 0 Å². The Balaban J connectivity index is 1.41. The van der Waals surface area contributed by atoms with Gasteiger partial charge in [0.2, 0.25) is 0 Å². The zero-order valence-corrected chi connectivity index (χ0v) is 21.3. The molecule has 6 aromatic carbocycles. The molecule has 1 aliphatic carbocycles. The highest BCUT2D eigenvalue weighted by Gasteiger charge is 2.46. The summed E-state index contributed by atoms with van der Waals surface area (Å²) in [6, 6.07) is 51.9. The predicted octanol–water partition coefficient (Wildman–Crippen LogP) is 9.69. The number of hydrogen-bond acceptors (Lipinski definition) is 2. The predicted molar refractivity (Wildman–Crippen MR) is 161 cm³/mol. The number of benzene rings is 6. The van der Waals surface area contributed by atoms with Crippen molar-refractivity contribution in [1.82, 2.24) is 0 Å².